The Kier molecular flexibility index (Phi) is 5.86. The molecule has 0 saturated carbocycles. The summed E-state index contributed by atoms with van der Waals surface area (Å²) in [6, 6.07) is 4.56. The maximum Gasteiger partial charge on any atom is 0.251 e. The zero-order valence-electron chi connectivity index (χ0n) is 12.7. The molecule has 1 aromatic rings. The fourth-order valence-electron chi connectivity index (χ4n) is 2.05. The van der Waals surface area contributed by atoms with E-state index in [4.69, 9.17) is 5.73 Å². The van der Waals surface area contributed by atoms with Gasteiger partial charge in [0.1, 0.15) is 5.75 Å². The zero-order chi connectivity index (χ0) is 15.2. The summed E-state index contributed by atoms with van der Waals surface area (Å²) in [5.74, 6) is -0.233. The Morgan fingerprint density at radius 2 is 2.05 bits per heavy atom. The van der Waals surface area contributed by atoms with Gasteiger partial charge in [-0.3, -0.25) is 4.79 Å². The van der Waals surface area contributed by atoms with Crippen LogP contribution in [0.1, 0.15) is 56.8 Å². The molecule has 4 N–H and O–H groups in total. The zero-order valence-corrected chi connectivity index (χ0v) is 12.7. The number of amides is 1. The molecule has 0 saturated heterocycles. The number of nitrogens with one attached hydrogen (secondary N) is 1. The fraction of sp³-hybridized carbons (Fsp3) is 0.562. The summed E-state index contributed by atoms with van der Waals surface area (Å²) >= 11 is 0. The van der Waals surface area contributed by atoms with Crippen molar-refractivity contribution in [2.75, 3.05) is 12.3 Å². The molecule has 112 valence electrons. The number of benzene rings is 1. The van der Waals surface area contributed by atoms with Gasteiger partial charge in [-0.25, -0.2) is 0 Å². The summed E-state index contributed by atoms with van der Waals surface area (Å²) in [5, 5.41) is 12.4. The van der Waals surface area contributed by atoms with E-state index in [0.29, 0.717) is 12.1 Å². The van der Waals surface area contributed by atoms with Crippen LogP contribution in [0.2, 0.25) is 0 Å². The summed E-state index contributed by atoms with van der Waals surface area (Å²) in [6.45, 7) is 7.12. The Morgan fingerprint density at radius 3 is 2.65 bits per heavy atom. The number of nitrogen functional groups attached to an aromatic ring is 1. The van der Waals surface area contributed by atoms with E-state index in [0.717, 1.165) is 6.42 Å². The molecule has 0 heterocycles. The Hall–Kier alpha value is -1.71. The second-order valence-electron chi connectivity index (χ2n) is 6.08. The number of nitrogens with two attached hydrogens (primary N) is 1. The fourth-order valence-corrected chi connectivity index (χ4v) is 2.05. The molecule has 4 heteroatoms. The van der Waals surface area contributed by atoms with Gasteiger partial charge in [-0.2, -0.15) is 0 Å². The average molecular weight is 278 g/mol. The first-order valence-electron chi connectivity index (χ1n) is 7.22. The van der Waals surface area contributed by atoms with Crippen LogP contribution in [0, 0.1) is 5.41 Å². The van der Waals surface area contributed by atoms with Gasteiger partial charge >= 0.3 is 0 Å². The van der Waals surface area contributed by atoms with Crippen LogP contribution < -0.4 is 11.1 Å². The van der Waals surface area contributed by atoms with Gasteiger partial charge in [0.05, 0.1) is 5.69 Å². The van der Waals surface area contributed by atoms with Gasteiger partial charge in [-0.1, -0.05) is 40.0 Å². The molecule has 0 radical (unpaired) electrons. The van der Waals surface area contributed by atoms with Gasteiger partial charge in [0.15, 0.2) is 0 Å². The van der Waals surface area contributed by atoms with Gasteiger partial charge in [0.2, 0.25) is 0 Å². The van der Waals surface area contributed by atoms with Crippen molar-refractivity contribution in [3.05, 3.63) is 23.8 Å². The van der Waals surface area contributed by atoms with Crippen molar-refractivity contribution in [1.82, 2.24) is 5.32 Å². The van der Waals surface area contributed by atoms with Crippen molar-refractivity contribution in [2.45, 2.75) is 46.5 Å². The van der Waals surface area contributed by atoms with Gasteiger partial charge in [0.25, 0.3) is 5.91 Å². The SMILES string of the molecule is CCCCCC(C)(C)CNC(=O)c1ccc(N)c(O)c1. The number of unbranched alkanes of at least 4 members (excludes halogenated alkanes) is 2. The number of hydrogen-bond acceptors (Lipinski definition) is 3. The normalized spacial score (nSPS) is 11.3. The van der Waals surface area contributed by atoms with Gasteiger partial charge in [-0.05, 0) is 30.0 Å². The van der Waals surface area contributed by atoms with Crippen molar-refractivity contribution in [2.24, 2.45) is 5.41 Å². The predicted molar refractivity (Wildman–Crippen MR) is 82.8 cm³/mol. The highest BCUT2D eigenvalue weighted by Gasteiger charge is 2.19. The third-order valence-electron chi connectivity index (χ3n) is 3.48. The third kappa shape index (κ3) is 5.11. The lowest BCUT2D eigenvalue weighted by Gasteiger charge is -2.25. The molecule has 0 aromatic heterocycles. The number of phenolic OH excluding ortho intramolecular Hbond substituents is 1. The number of hydrogen-bond donors (Lipinski definition) is 3. The monoisotopic (exact) mass is 278 g/mol. The molecule has 1 aromatic carbocycles. The highest BCUT2D eigenvalue weighted by Crippen LogP contribution is 2.23. The van der Waals surface area contributed by atoms with Crippen LogP contribution in [0.5, 0.6) is 5.75 Å². The standard InChI is InChI=1S/C16H26N2O2/c1-4-5-6-9-16(2,3)11-18-15(20)12-7-8-13(17)14(19)10-12/h7-8,10,19H,4-6,9,11,17H2,1-3H3,(H,18,20). The third-order valence-corrected chi connectivity index (χ3v) is 3.48. The maximum absolute atomic E-state index is 12.0. The predicted octanol–water partition coefficient (Wildman–Crippen LogP) is 3.31. The van der Waals surface area contributed by atoms with E-state index in [-0.39, 0.29) is 22.8 Å². The molecular weight excluding hydrogens is 252 g/mol. The molecule has 0 spiro atoms. The van der Waals surface area contributed by atoms with Crippen LogP contribution in [0.4, 0.5) is 5.69 Å². The number of anilines is 1. The molecule has 0 bridgehead atoms. The van der Waals surface area contributed by atoms with Crippen molar-refractivity contribution < 1.29 is 9.90 Å². The first-order chi connectivity index (χ1) is 9.35. The minimum absolute atomic E-state index is 0.0557. The highest BCUT2D eigenvalue weighted by molar-refractivity contribution is 5.95. The molecule has 1 amide bonds. The van der Waals surface area contributed by atoms with Crippen LogP contribution in [0.25, 0.3) is 0 Å². The van der Waals surface area contributed by atoms with Crippen LogP contribution in [0.15, 0.2) is 18.2 Å². The van der Waals surface area contributed by atoms with E-state index in [2.05, 4.69) is 26.1 Å². The van der Waals surface area contributed by atoms with Crippen molar-refractivity contribution in [1.29, 1.82) is 0 Å². The Bertz CT molecular complexity index is 456. The molecule has 4 nitrogen and oxygen atoms in total. The van der Waals surface area contributed by atoms with Crippen molar-refractivity contribution in [3.63, 3.8) is 0 Å². The molecule has 0 atom stereocenters. The van der Waals surface area contributed by atoms with Crippen molar-refractivity contribution in [3.8, 4) is 5.75 Å². The lowest BCUT2D eigenvalue weighted by molar-refractivity contribution is 0.0933. The minimum Gasteiger partial charge on any atom is -0.506 e. The van der Waals surface area contributed by atoms with E-state index in [1.165, 1.54) is 31.4 Å². The summed E-state index contributed by atoms with van der Waals surface area (Å²) < 4.78 is 0. The number of rotatable bonds is 7. The van der Waals surface area contributed by atoms with Crippen LogP contribution in [-0.4, -0.2) is 17.6 Å². The smallest absolute Gasteiger partial charge is 0.251 e. The largest absolute Gasteiger partial charge is 0.506 e. The van der Waals surface area contributed by atoms with Crippen LogP contribution >= 0.6 is 0 Å². The van der Waals surface area contributed by atoms with E-state index < -0.39 is 0 Å². The lowest BCUT2D eigenvalue weighted by atomic mass is 9.87. The summed E-state index contributed by atoms with van der Waals surface area (Å²) in [6.07, 6.45) is 4.70. The lowest BCUT2D eigenvalue weighted by Crippen LogP contribution is -2.34. The van der Waals surface area contributed by atoms with Crippen LogP contribution in [0.3, 0.4) is 0 Å². The van der Waals surface area contributed by atoms with E-state index in [9.17, 15) is 9.90 Å². The summed E-state index contributed by atoms with van der Waals surface area (Å²) in [7, 11) is 0. The summed E-state index contributed by atoms with van der Waals surface area (Å²) in [5.41, 5.74) is 6.31. The molecular formula is C16H26N2O2. The molecule has 20 heavy (non-hydrogen) atoms. The van der Waals surface area contributed by atoms with Gasteiger partial charge in [0, 0.05) is 12.1 Å². The minimum atomic E-state index is -0.177. The van der Waals surface area contributed by atoms with Gasteiger partial charge < -0.3 is 16.2 Å². The molecule has 0 unspecified atom stereocenters. The molecule has 0 aliphatic heterocycles. The molecule has 0 aliphatic rings. The Labute approximate surface area is 121 Å². The number of carbonyl (C=O) groups is 1. The topological polar surface area (TPSA) is 75.4 Å². The first kappa shape index (κ1) is 16.3. The molecule has 0 aliphatic carbocycles. The number of phenols is 1. The second kappa shape index (κ2) is 7.17. The maximum atomic E-state index is 12.0. The van der Waals surface area contributed by atoms with E-state index in [1.807, 2.05) is 0 Å². The van der Waals surface area contributed by atoms with Crippen molar-refractivity contribution >= 4 is 11.6 Å². The number of carbonyl (C=O) groups excluding carboxylic acids is 1. The Balaban J connectivity index is 2.51. The highest BCUT2D eigenvalue weighted by atomic mass is 16.3. The Morgan fingerprint density at radius 1 is 1.35 bits per heavy atom. The second-order valence-corrected chi connectivity index (χ2v) is 6.08. The quantitative estimate of drug-likeness (QED) is 0.407. The molecule has 0 fully saturated rings. The first-order valence-corrected chi connectivity index (χ1v) is 7.22. The van der Waals surface area contributed by atoms with Gasteiger partial charge in [-0.15, -0.1) is 0 Å². The van der Waals surface area contributed by atoms with E-state index in [1.54, 1.807) is 6.07 Å². The number of aromatic hydroxyl groups is 1. The summed E-state index contributed by atoms with van der Waals surface area (Å²) in [4.78, 5) is 12.0. The van der Waals surface area contributed by atoms with Crippen LogP contribution in [-0.2, 0) is 0 Å². The average Bonchev–Trinajstić information content (AvgIpc) is 2.39. The molecule has 1 rings (SSSR count). The van der Waals surface area contributed by atoms with E-state index >= 15 is 0 Å².